The summed E-state index contributed by atoms with van der Waals surface area (Å²) in [7, 11) is 0. The van der Waals surface area contributed by atoms with Gasteiger partial charge in [0.2, 0.25) is 0 Å². The molecule has 0 radical (unpaired) electrons. The third kappa shape index (κ3) is 2.59. The monoisotopic (exact) mass is 309 g/mol. The third-order valence-electron chi connectivity index (χ3n) is 2.74. The van der Waals surface area contributed by atoms with Crippen LogP contribution in [0.5, 0.6) is 5.75 Å². The fourth-order valence-electron chi connectivity index (χ4n) is 1.38. The summed E-state index contributed by atoms with van der Waals surface area (Å²) < 4.78 is 26.9. The predicted octanol–water partition coefficient (Wildman–Crippen LogP) is 2.45. The smallest absolute Gasteiger partial charge is 0.167 e. The van der Waals surface area contributed by atoms with Gasteiger partial charge in [-0.05, 0) is 22.0 Å². The Bertz CT molecular complexity index is 412. The van der Waals surface area contributed by atoms with E-state index in [1.807, 2.05) is 0 Å². The van der Waals surface area contributed by atoms with Crippen molar-refractivity contribution in [3.63, 3.8) is 0 Å². The molecule has 96 valence electrons. The van der Waals surface area contributed by atoms with Crippen LogP contribution in [-0.4, -0.2) is 16.8 Å². The number of aromatic hydroxyl groups is 1. The molecule has 17 heavy (non-hydrogen) atoms. The zero-order valence-electron chi connectivity index (χ0n) is 9.47. The zero-order valence-corrected chi connectivity index (χ0v) is 11.1. The average Bonchev–Trinajstić information content (AvgIpc) is 2.26. The van der Waals surface area contributed by atoms with Crippen LogP contribution in [0.15, 0.2) is 10.5 Å². The Morgan fingerprint density at radius 2 is 2.00 bits per heavy atom. The molecule has 4 N–H and O–H groups in total. The number of phenols is 1. The summed E-state index contributed by atoms with van der Waals surface area (Å²) in [6.07, 6.45) is 0. The fourth-order valence-corrected chi connectivity index (χ4v) is 1.79. The number of hydrogen-bond donors (Lipinski definition) is 3. The first-order valence-corrected chi connectivity index (χ1v) is 5.74. The largest absolute Gasteiger partial charge is 0.506 e. The second kappa shape index (κ2) is 4.88. The number of hydrogen-bond acceptors (Lipinski definition) is 3. The minimum atomic E-state index is -1.19. The van der Waals surface area contributed by atoms with E-state index in [1.165, 1.54) is 0 Å². The number of aliphatic hydroxyl groups excluding tert-OH is 1. The van der Waals surface area contributed by atoms with E-state index in [0.29, 0.717) is 0 Å². The van der Waals surface area contributed by atoms with Crippen molar-refractivity contribution < 1.29 is 19.0 Å². The maximum absolute atomic E-state index is 13.6. The second-order valence-corrected chi connectivity index (χ2v) is 5.40. The predicted molar refractivity (Wildman–Crippen MR) is 63.5 cm³/mol. The number of aliphatic hydroxyl groups is 1. The average molecular weight is 310 g/mol. The van der Waals surface area contributed by atoms with Gasteiger partial charge >= 0.3 is 0 Å². The molecule has 0 saturated carbocycles. The van der Waals surface area contributed by atoms with Gasteiger partial charge < -0.3 is 15.9 Å². The molecule has 0 amide bonds. The summed E-state index contributed by atoms with van der Waals surface area (Å²) in [4.78, 5) is 0. The van der Waals surface area contributed by atoms with Crippen LogP contribution in [0.1, 0.15) is 25.5 Å². The highest BCUT2D eigenvalue weighted by molar-refractivity contribution is 9.10. The van der Waals surface area contributed by atoms with Gasteiger partial charge in [-0.15, -0.1) is 0 Å². The SMILES string of the molecule is CC(C)(CO)[C@H](N)c1c(O)c(Br)cc(F)c1F. The number of phenolic OH excluding ortho intramolecular Hbond substituents is 1. The van der Waals surface area contributed by atoms with E-state index in [2.05, 4.69) is 15.9 Å². The van der Waals surface area contributed by atoms with E-state index in [0.717, 1.165) is 6.07 Å². The van der Waals surface area contributed by atoms with E-state index in [9.17, 15) is 13.9 Å². The summed E-state index contributed by atoms with van der Waals surface area (Å²) in [5.74, 6) is -2.74. The van der Waals surface area contributed by atoms with Crippen molar-refractivity contribution in [3.05, 3.63) is 27.7 Å². The fraction of sp³-hybridized carbons (Fsp3) is 0.455. The molecular weight excluding hydrogens is 296 g/mol. The van der Waals surface area contributed by atoms with Crippen molar-refractivity contribution in [2.45, 2.75) is 19.9 Å². The van der Waals surface area contributed by atoms with E-state index < -0.39 is 28.8 Å². The number of benzene rings is 1. The van der Waals surface area contributed by atoms with E-state index >= 15 is 0 Å². The molecule has 0 aromatic heterocycles. The van der Waals surface area contributed by atoms with Gasteiger partial charge in [0.05, 0.1) is 10.0 Å². The first kappa shape index (κ1) is 14.3. The quantitative estimate of drug-likeness (QED) is 0.751. The Kier molecular flexibility index (Phi) is 4.11. The molecule has 1 aromatic carbocycles. The molecule has 1 aromatic rings. The number of halogens is 3. The molecule has 1 rings (SSSR count). The topological polar surface area (TPSA) is 66.5 Å². The van der Waals surface area contributed by atoms with Crippen molar-refractivity contribution in [1.29, 1.82) is 0 Å². The minimum Gasteiger partial charge on any atom is -0.506 e. The van der Waals surface area contributed by atoms with Crippen LogP contribution in [0.2, 0.25) is 0 Å². The molecule has 0 saturated heterocycles. The molecule has 0 bridgehead atoms. The van der Waals surface area contributed by atoms with Crippen LogP contribution < -0.4 is 5.73 Å². The zero-order chi connectivity index (χ0) is 13.4. The first-order chi connectivity index (χ1) is 7.72. The Labute approximate surface area is 106 Å². The van der Waals surface area contributed by atoms with Crippen molar-refractivity contribution in [2.24, 2.45) is 11.1 Å². The van der Waals surface area contributed by atoms with Crippen LogP contribution in [0.4, 0.5) is 8.78 Å². The summed E-state index contributed by atoms with van der Waals surface area (Å²) in [6.45, 7) is 2.87. The van der Waals surface area contributed by atoms with Crippen molar-refractivity contribution in [3.8, 4) is 5.75 Å². The lowest BCUT2D eigenvalue weighted by Crippen LogP contribution is -2.33. The molecule has 0 unspecified atom stereocenters. The van der Waals surface area contributed by atoms with Crippen molar-refractivity contribution in [1.82, 2.24) is 0 Å². The van der Waals surface area contributed by atoms with Crippen molar-refractivity contribution in [2.75, 3.05) is 6.61 Å². The molecule has 0 aliphatic heterocycles. The molecule has 0 aliphatic carbocycles. The maximum atomic E-state index is 13.6. The molecule has 0 aliphatic rings. The van der Waals surface area contributed by atoms with Gasteiger partial charge in [-0.3, -0.25) is 0 Å². The van der Waals surface area contributed by atoms with E-state index in [-0.39, 0.29) is 16.6 Å². The highest BCUT2D eigenvalue weighted by Gasteiger charge is 2.33. The summed E-state index contributed by atoms with van der Waals surface area (Å²) in [5, 5.41) is 18.9. The number of nitrogens with two attached hydrogens (primary N) is 1. The van der Waals surface area contributed by atoms with Gasteiger partial charge in [-0.2, -0.15) is 0 Å². The summed E-state index contributed by atoms with van der Waals surface area (Å²) in [6, 6.07) is -0.202. The first-order valence-electron chi connectivity index (χ1n) is 4.95. The van der Waals surface area contributed by atoms with Gasteiger partial charge in [-0.1, -0.05) is 13.8 Å². The molecule has 1 atom stereocenters. The molecule has 0 heterocycles. The maximum Gasteiger partial charge on any atom is 0.167 e. The van der Waals surface area contributed by atoms with Gasteiger partial charge in [0.1, 0.15) is 5.75 Å². The Hall–Kier alpha value is -0.720. The Balaban J connectivity index is 3.41. The second-order valence-electron chi connectivity index (χ2n) is 4.54. The lowest BCUT2D eigenvalue weighted by Gasteiger charge is -2.30. The van der Waals surface area contributed by atoms with Gasteiger partial charge in [0, 0.05) is 18.1 Å². The molecule has 3 nitrogen and oxygen atoms in total. The normalized spacial score (nSPS) is 13.8. The minimum absolute atomic E-state index is 0.0237. The van der Waals surface area contributed by atoms with Crippen LogP contribution >= 0.6 is 15.9 Å². The highest BCUT2D eigenvalue weighted by Crippen LogP contribution is 2.41. The molecule has 0 fully saturated rings. The standard InChI is InChI=1S/C11H14BrF2NO2/c1-11(2,4-16)10(15)7-8(14)6(13)3-5(12)9(7)17/h3,10,16-17H,4,15H2,1-2H3/t10-/m1/s1. The Morgan fingerprint density at radius 3 is 2.47 bits per heavy atom. The third-order valence-corrected chi connectivity index (χ3v) is 3.35. The van der Waals surface area contributed by atoms with Gasteiger partial charge in [0.25, 0.3) is 0 Å². The van der Waals surface area contributed by atoms with Gasteiger partial charge in [-0.25, -0.2) is 8.78 Å². The summed E-state index contributed by atoms with van der Waals surface area (Å²) >= 11 is 2.91. The van der Waals surface area contributed by atoms with Crippen LogP contribution in [0.3, 0.4) is 0 Å². The molecule has 0 spiro atoms. The Morgan fingerprint density at radius 1 is 1.47 bits per heavy atom. The molecular formula is C11H14BrF2NO2. The lowest BCUT2D eigenvalue weighted by atomic mass is 9.81. The van der Waals surface area contributed by atoms with Crippen LogP contribution in [0.25, 0.3) is 0 Å². The van der Waals surface area contributed by atoms with Crippen LogP contribution in [0, 0.1) is 17.0 Å². The van der Waals surface area contributed by atoms with Gasteiger partial charge in [0.15, 0.2) is 11.6 Å². The van der Waals surface area contributed by atoms with E-state index in [4.69, 9.17) is 10.8 Å². The number of rotatable bonds is 3. The van der Waals surface area contributed by atoms with E-state index in [1.54, 1.807) is 13.8 Å². The highest BCUT2D eigenvalue weighted by atomic mass is 79.9. The summed E-state index contributed by atoms with van der Waals surface area (Å²) in [5.41, 5.74) is 4.55. The molecule has 6 heteroatoms. The lowest BCUT2D eigenvalue weighted by molar-refractivity contribution is 0.129. The van der Waals surface area contributed by atoms with Crippen molar-refractivity contribution >= 4 is 15.9 Å². The van der Waals surface area contributed by atoms with Crippen LogP contribution in [-0.2, 0) is 0 Å².